The zero-order chi connectivity index (χ0) is 15.4. The second kappa shape index (κ2) is 6.70. The number of nitrogen functional groups attached to an aromatic ring is 1. The van der Waals surface area contributed by atoms with E-state index in [0.717, 1.165) is 0 Å². The fourth-order valence-electron chi connectivity index (χ4n) is 1.90. The number of likely N-dealkylation sites (N-methyl/N-ethyl adjacent to an activating group) is 1. The van der Waals surface area contributed by atoms with Gasteiger partial charge in [-0.1, -0.05) is 35.3 Å². The van der Waals surface area contributed by atoms with E-state index >= 15 is 0 Å². The number of hydrogen-bond acceptors (Lipinski definition) is 3. The van der Waals surface area contributed by atoms with Crippen LogP contribution in [-0.2, 0) is 4.79 Å². The Labute approximate surface area is 133 Å². The molecule has 2 aromatic carbocycles. The standard InChI is InChI=1S/C15H15Cl2N3O/c1-20(14-8-10(16)6-7-12(14)18)9-15(21)19-13-5-3-2-4-11(13)17/h2-8H,9,18H2,1H3,(H,19,21). The van der Waals surface area contributed by atoms with Crippen molar-refractivity contribution in [2.24, 2.45) is 0 Å². The first-order valence-corrected chi connectivity index (χ1v) is 7.03. The Bertz CT molecular complexity index is 661. The summed E-state index contributed by atoms with van der Waals surface area (Å²) in [7, 11) is 1.77. The van der Waals surface area contributed by atoms with E-state index in [0.29, 0.717) is 27.1 Å². The minimum absolute atomic E-state index is 0.135. The minimum Gasteiger partial charge on any atom is -0.397 e. The van der Waals surface area contributed by atoms with Crippen molar-refractivity contribution in [3.05, 3.63) is 52.5 Å². The number of hydrogen-bond donors (Lipinski definition) is 2. The average Bonchev–Trinajstić information content (AvgIpc) is 2.44. The van der Waals surface area contributed by atoms with Gasteiger partial charge in [-0.15, -0.1) is 0 Å². The summed E-state index contributed by atoms with van der Waals surface area (Å²) in [6.45, 7) is 0.135. The number of carbonyl (C=O) groups is 1. The Morgan fingerprint density at radius 1 is 1.24 bits per heavy atom. The van der Waals surface area contributed by atoms with Gasteiger partial charge in [0.25, 0.3) is 0 Å². The van der Waals surface area contributed by atoms with Crippen molar-refractivity contribution in [2.75, 3.05) is 29.5 Å². The highest BCUT2D eigenvalue weighted by molar-refractivity contribution is 6.33. The normalized spacial score (nSPS) is 10.2. The van der Waals surface area contributed by atoms with Crippen LogP contribution >= 0.6 is 23.2 Å². The molecule has 0 fully saturated rings. The van der Waals surface area contributed by atoms with E-state index in [9.17, 15) is 4.79 Å². The summed E-state index contributed by atoms with van der Waals surface area (Å²) in [5.74, 6) is -0.190. The SMILES string of the molecule is CN(CC(=O)Nc1ccccc1Cl)c1cc(Cl)ccc1N. The molecule has 0 aromatic heterocycles. The van der Waals surface area contributed by atoms with Crippen molar-refractivity contribution in [3.8, 4) is 0 Å². The Morgan fingerprint density at radius 2 is 1.95 bits per heavy atom. The molecule has 0 aliphatic rings. The topological polar surface area (TPSA) is 58.4 Å². The smallest absolute Gasteiger partial charge is 0.243 e. The summed E-state index contributed by atoms with van der Waals surface area (Å²) in [5, 5.41) is 3.82. The molecule has 110 valence electrons. The summed E-state index contributed by atoms with van der Waals surface area (Å²) in [6.07, 6.45) is 0. The molecule has 4 nitrogen and oxygen atoms in total. The number of amides is 1. The van der Waals surface area contributed by atoms with Gasteiger partial charge in [0.05, 0.1) is 28.6 Å². The molecule has 0 atom stereocenters. The molecule has 2 rings (SSSR count). The molecule has 0 spiro atoms. The summed E-state index contributed by atoms with van der Waals surface area (Å²) < 4.78 is 0. The first kappa shape index (κ1) is 15.5. The molecule has 2 aromatic rings. The number of carbonyl (C=O) groups excluding carboxylic acids is 1. The maximum atomic E-state index is 12.1. The van der Waals surface area contributed by atoms with Crippen molar-refractivity contribution in [1.29, 1.82) is 0 Å². The third-order valence-electron chi connectivity index (χ3n) is 2.93. The molecule has 0 aliphatic heterocycles. The summed E-state index contributed by atoms with van der Waals surface area (Å²) in [6, 6.07) is 12.2. The number of nitrogens with two attached hydrogens (primary N) is 1. The van der Waals surface area contributed by atoms with Gasteiger partial charge in [-0.2, -0.15) is 0 Å². The Kier molecular flexibility index (Phi) is 4.94. The largest absolute Gasteiger partial charge is 0.397 e. The quantitative estimate of drug-likeness (QED) is 0.844. The van der Waals surface area contributed by atoms with Crippen molar-refractivity contribution in [1.82, 2.24) is 0 Å². The van der Waals surface area contributed by atoms with Gasteiger partial charge in [-0.25, -0.2) is 0 Å². The zero-order valence-corrected chi connectivity index (χ0v) is 12.9. The van der Waals surface area contributed by atoms with Crippen LogP contribution in [0.5, 0.6) is 0 Å². The molecular formula is C15H15Cl2N3O. The van der Waals surface area contributed by atoms with Crippen LogP contribution in [0.15, 0.2) is 42.5 Å². The number of benzene rings is 2. The number of halogens is 2. The van der Waals surface area contributed by atoms with Crippen LogP contribution in [0, 0.1) is 0 Å². The molecule has 0 unspecified atom stereocenters. The fourth-order valence-corrected chi connectivity index (χ4v) is 2.25. The number of anilines is 3. The zero-order valence-electron chi connectivity index (χ0n) is 11.4. The monoisotopic (exact) mass is 323 g/mol. The molecule has 0 saturated heterocycles. The lowest BCUT2D eigenvalue weighted by atomic mass is 10.2. The van der Waals surface area contributed by atoms with Gasteiger partial charge in [0.2, 0.25) is 5.91 Å². The van der Waals surface area contributed by atoms with E-state index in [4.69, 9.17) is 28.9 Å². The third-order valence-corrected chi connectivity index (χ3v) is 3.50. The number of rotatable bonds is 4. The van der Waals surface area contributed by atoms with Crippen LogP contribution in [0.3, 0.4) is 0 Å². The first-order valence-electron chi connectivity index (χ1n) is 6.28. The average molecular weight is 324 g/mol. The molecule has 0 radical (unpaired) electrons. The van der Waals surface area contributed by atoms with Crippen LogP contribution < -0.4 is 16.0 Å². The molecule has 0 saturated carbocycles. The molecule has 21 heavy (non-hydrogen) atoms. The Hall–Kier alpha value is -1.91. The second-order valence-corrected chi connectivity index (χ2v) is 5.43. The Morgan fingerprint density at radius 3 is 2.67 bits per heavy atom. The highest BCUT2D eigenvalue weighted by atomic mass is 35.5. The van der Waals surface area contributed by atoms with Crippen LogP contribution in [0.4, 0.5) is 17.1 Å². The molecule has 0 heterocycles. The number of nitrogens with zero attached hydrogens (tertiary/aromatic N) is 1. The van der Waals surface area contributed by atoms with E-state index in [1.807, 2.05) is 0 Å². The molecule has 6 heteroatoms. The van der Waals surface area contributed by atoms with Crippen molar-refractivity contribution in [3.63, 3.8) is 0 Å². The lowest BCUT2D eigenvalue weighted by Crippen LogP contribution is -2.30. The molecule has 0 aliphatic carbocycles. The highest BCUT2D eigenvalue weighted by Gasteiger charge is 2.11. The Balaban J connectivity index is 2.06. The maximum Gasteiger partial charge on any atom is 0.243 e. The number of nitrogens with one attached hydrogen (secondary N) is 1. The van der Waals surface area contributed by atoms with E-state index in [1.54, 1.807) is 54.4 Å². The second-order valence-electron chi connectivity index (χ2n) is 4.59. The lowest BCUT2D eigenvalue weighted by molar-refractivity contribution is -0.114. The van der Waals surface area contributed by atoms with Gasteiger partial charge in [0, 0.05) is 12.1 Å². The summed E-state index contributed by atoms with van der Waals surface area (Å²) in [4.78, 5) is 13.8. The molecule has 3 N–H and O–H groups in total. The van der Waals surface area contributed by atoms with Crippen molar-refractivity contribution >= 4 is 46.2 Å². The predicted octanol–water partition coefficient (Wildman–Crippen LogP) is 3.65. The van der Waals surface area contributed by atoms with Crippen LogP contribution in [0.2, 0.25) is 10.0 Å². The van der Waals surface area contributed by atoms with Crippen LogP contribution in [0.1, 0.15) is 0 Å². The maximum absolute atomic E-state index is 12.1. The third kappa shape index (κ3) is 4.03. The van der Waals surface area contributed by atoms with Crippen molar-refractivity contribution in [2.45, 2.75) is 0 Å². The van der Waals surface area contributed by atoms with E-state index < -0.39 is 0 Å². The van der Waals surface area contributed by atoms with E-state index in [1.165, 1.54) is 0 Å². The lowest BCUT2D eigenvalue weighted by Gasteiger charge is -2.21. The van der Waals surface area contributed by atoms with E-state index in [-0.39, 0.29) is 12.5 Å². The van der Waals surface area contributed by atoms with Gasteiger partial charge >= 0.3 is 0 Å². The number of para-hydroxylation sites is 1. The summed E-state index contributed by atoms with van der Waals surface area (Å²) >= 11 is 11.9. The molecule has 1 amide bonds. The molecule has 0 bridgehead atoms. The first-order chi connectivity index (χ1) is 9.97. The van der Waals surface area contributed by atoms with Gasteiger partial charge in [-0.3, -0.25) is 4.79 Å². The predicted molar refractivity (Wildman–Crippen MR) is 89.2 cm³/mol. The summed E-state index contributed by atoms with van der Waals surface area (Å²) in [5.41, 5.74) is 7.74. The van der Waals surface area contributed by atoms with Gasteiger partial charge in [0.1, 0.15) is 0 Å². The van der Waals surface area contributed by atoms with Gasteiger partial charge < -0.3 is 16.0 Å². The highest BCUT2D eigenvalue weighted by Crippen LogP contribution is 2.26. The van der Waals surface area contributed by atoms with Crippen molar-refractivity contribution < 1.29 is 4.79 Å². The fraction of sp³-hybridized carbons (Fsp3) is 0.133. The van der Waals surface area contributed by atoms with Crippen LogP contribution in [0.25, 0.3) is 0 Å². The van der Waals surface area contributed by atoms with Gasteiger partial charge in [-0.05, 0) is 30.3 Å². The molecular weight excluding hydrogens is 309 g/mol. The van der Waals surface area contributed by atoms with Gasteiger partial charge in [0.15, 0.2) is 0 Å². The van der Waals surface area contributed by atoms with Crippen LogP contribution in [-0.4, -0.2) is 19.5 Å². The minimum atomic E-state index is -0.190. The van der Waals surface area contributed by atoms with E-state index in [2.05, 4.69) is 5.32 Å².